The predicted molar refractivity (Wildman–Crippen MR) is 81.9 cm³/mol. The minimum absolute atomic E-state index is 0.446. The third-order valence-corrected chi connectivity index (χ3v) is 3.09. The number of halogens is 1. The van der Waals surface area contributed by atoms with E-state index >= 15 is 0 Å². The number of nitrogens with two attached hydrogens (primary N) is 1. The third kappa shape index (κ3) is 3.39. The third-order valence-electron chi connectivity index (χ3n) is 2.84. The Morgan fingerprint density at radius 2 is 1.85 bits per heavy atom. The highest BCUT2D eigenvalue weighted by Gasteiger charge is 2.05. The number of methoxy groups -OCH3 is 1. The molecule has 102 valence electrons. The highest BCUT2D eigenvalue weighted by atomic mass is 35.5. The number of ether oxygens (including phenoxy) is 1. The molecule has 0 saturated carbocycles. The second kappa shape index (κ2) is 6.26. The van der Waals surface area contributed by atoms with E-state index in [1.807, 2.05) is 36.4 Å². The maximum Gasteiger partial charge on any atom is 0.248 e. The number of hydrogen-bond donors (Lipinski definition) is 1. The SMILES string of the molecule is COc1ccc(C(N)=O)cc1/C=C\c1ccc(Cl)cc1. The molecule has 0 aliphatic carbocycles. The first-order valence-corrected chi connectivity index (χ1v) is 6.39. The van der Waals surface area contributed by atoms with Crippen LogP contribution in [-0.4, -0.2) is 13.0 Å². The van der Waals surface area contributed by atoms with Crippen LogP contribution in [-0.2, 0) is 0 Å². The van der Waals surface area contributed by atoms with Crippen LogP contribution in [0.5, 0.6) is 5.75 Å². The molecule has 2 rings (SSSR count). The Morgan fingerprint density at radius 1 is 1.15 bits per heavy atom. The molecule has 0 aliphatic heterocycles. The molecule has 0 aliphatic rings. The van der Waals surface area contributed by atoms with Crippen LogP contribution in [0, 0.1) is 0 Å². The van der Waals surface area contributed by atoms with Crippen molar-refractivity contribution in [1.82, 2.24) is 0 Å². The van der Waals surface area contributed by atoms with Crippen molar-refractivity contribution in [2.24, 2.45) is 5.73 Å². The molecular weight excluding hydrogens is 274 g/mol. The lowest BCUT2D eigenvalue weighted by Gasteiger charge is -2.06. The molecule has 0 spiro atoms. The van der Waals surface area contributed by atoms with Gasteiger partial charge in [0.25, 0.3) is 0 Å². The minimum atomic E-state index is -0.464. The van der Waals surface area contributed by atoms with E-state index in [4.69, 9.17) is 22.1 Å². The molecule has 0 atom stereocenters. The van der Waals surface area contributed by atoms with Gasteiger partial charge in [0, 0.05) is 16.1 Å². The average molecular weight is 288 g/mol. The Balaban J connectivity index is 2.33. The van der Waals surface area contributed by atoms with E-state index in [9.17, 15) is 4.79 Å². The number of benzene rings is 2. The Hall–Kier alpha value is -2.26. The molecule has 2 aromatic rings. The van der Waals surface area contributed by atoms with Crippen molar-refractivity contribution < 1.29 is 9.53 Å². The quantitative estimate of drug-likeness (QED) is 0.873. The lowest BCUT2D eigenvalue weighted by Crippen LogP contribution is -2.10. The van der Waals surface area contributed by atoms with Crippen LogP contribution in [0.1, 0.15) is 21.5 Å². The zero-order valence-electron chi connectivity index (χ0n) is 11.0. The van der Waals surface area contributed by atoms with E-state index in [-0.39, 0.29) is 0 Å². The topological polar surface area (TPSA) is 52.3 Å². The van der Waals surface area contributed by atoms with Gasteiger partial charge in [-0.3, -0.25) is 4.79 Å². The summed E-state index contributed by atoms with van der Waals surface area (Å²) in [5, 5.41) is 0.690. The monoisotopic (exact) mass is 287 g/mol. The maximum absolute atomic E-state index is 11.2. The van der Waals surface area contributed by atoms with Gasteiger partial charge >= 0.3 is 0 Å². The number of primary amides is 1. The van der Waals surface area contributed by atoms with Crippen molar-refractivity contribution in [3.63, 3.8) is 0 Å². The van der Waals surface area contributed by atoms with E-state index in [1.165, 1.54) is 0 Å². The fourth-order valence-electron chi connectivity index (χ4n) is 1.78. The summed E-state index contributed by atoms with van der Waals surface area (Å²) >= 11 is 5.84. The van der Waals surface area contributed by atoms with Gasteiger partial charge in [-0.2, -0.15) is 0 Å². The van der Waals surface area contributed by atoms with Crippen LogP contribution >= 0.6 is 11.6 Å². The van der Waals surface area contributed by atoms with Crippen LogP contribution in [0.15, 0.2) is 42.5 Å². The molecule has 0 bridgehead atoms. The Kier molecular flexibility index (Phi) is 4.43. The normalized spacial score (nSPS) is 10.7. The Morgan fingerprint density at radius 3 is 2.45 bits per heavy atom. The van der Waals surface area contributed by atoms with Gasteiger partial charge in [-0.25, -0.2) is 0 Å². The Labute approximate surface area is 122 Å². The standard InChI is InChI=1S/C16H14ClNO2/c1-20-15-9-6-13(16(18)19)10-12(15)5-2-11-3-7-14(17)8-4-11/h2-10H,1H3,(H2,18,19)/b5-2-. The molecule has 0 fully saturated rings. The van der Waals surface area contributed by atoms with E-state index < -0.39 is 5.91 Å². The molecule has 0 unspecified atom stereocenters. The van der Waals surface area contributed by atoms with E-state index in [0.29, 0.717) is 16.3 Å². The smallest absolute Gasteiger partial charge is 0.248 e. The lowest BCUT2D eigenvalue weighted by molar-refractivity contribution is 0.1000. The van der Waals surface area contributed by atoms with Crippen LogP contribution < -0.4 is 10.5 Å². The van der Waals surface area contributed by atoms with Crippen molar-refractivity contribution in [2.75, 3.05) is 7.11 Å². The van der Waals surface area contributed by atoms with Crippen molar-refractivity contribution in [3.8, 4) is 5.75 Å². The largest absolute Gasteiger partial charge is 0.496 e. The number of carbonyl (C=O) groups excluding carboxylic acids is 1. The number of rotatable bonds is 4. The van der Waals surface area contributed by atoms with Crippen LogP contribution in [0.25, 0.3) is 12.2 Å². The molecule has 4 heteroatoms. The van der Waals surface area contributed by atoms with Gasteiger partial charge in [-0.1, -0.05) is 35.9 Å². The van der Waals surface area contributed by atoms with Crippen molar-refractivity contribution in [1.29, 1.82) is 0 Å². The highest BCUT2D eigenvalue weighted by molar-refractivity contribution is 6.30. The van der Waals surface area contributed by atoms with E-state index in [0.717, 1.165) is 11.1 Å². The highest BCUT2D eigenvalue weighted by Crippen LogP contribution is 2.22. The van der Waals surface area contributed by atoms with Crippen LogP contribution in [0.4, 0.5) is 0 Å². The van der Waals surface area contributed by atoms with Gasteiger partial charge in [0.2, 0.25) is 5.91 Å². The first-order chi connectivity index (χ1) is 9.60. The van der Waals surface area contributed by atoms with Crippen LogP contribution in [0.2, 0.25) is 5.02 Å². The molecule has 2 N–H and O–H groups in total. The summed E-state index contributed by atoms with van der Waals surface area (Å²) < 4.78 is 5.26. The molecule has 2 aromatic carbocycles. The fourth-order valence-corrected chi connectivity index (χ4v) is 1.90. The molecule has 0 aromatic heterocycles. The summed E-state index contributed by atoms with van der Waals surface area (Å²) in [6.07, 6.45) is 3.79. The van der Waals surface area contributed by atoms with Crippen LogP contribution in [0.3, 0.4) is 0 Å². The molecule has 0 saturated heterocycles. The maximum atomic E-state index is 11.2. The molecule has 3 nitrogen and oxygen atoms in total. The number of hydrogen-bond acceptors (Lipinski definition) is 2. The van der Waals surface area contributed by atoms with Crippen molar-refractivity contribution >= 4 is 29.7 Å². The van der Waals surface area contributed by atoms with Crippen molar-refractivity contribution in [2.45, 2.75) is 0 Å². The summed E-state index contributed by atoms with van der Waals surface area (Å²) in [7, 11) is 1.58. The molecule has 0 radical (unpaired) electrons. The van der Waals surface area contributed by atoms with Gasteiger partial charge in [0.1, 0.15) is 5.75 Å². The van der Waals surface area contributed by atoms with E-state index in [2.05, 4.69) is 0 Å². The summed E-state index contributed by atoms with van der Waals surface area (Å²) in [5.74, 6) is 0.217. The van der Waals surface area contributed by atoms with Gasteiger partial charge in [-0.15, -0.1) is 0 Å². The van der Waals surface area contributed by atoms with E-state index in [1.54, 1.807) is 25.3 Å². The zero-order valence-corrected chi connectivity index (χ0v) is 11.7. The summed E-state index contributed by atoms with van der Waals surface area (Å²) in [5.41, 5.74) is 7.52. The predicted octanol–water partition coefficient (Wildman–Crippen LogP) is 3.62. The molecule has 0 heterocycles. The average Bonchev–Trinajstić information content (AvgIpc) is 2.46. The number of carbonyl (C=O) groups is 1. The fraction of sp³-hybridized carbons (Fsp3) is 0.0625. The van der Waals surface area contributed by atoms with Gasteiger partial charge in [0.05, 0.1) is 7.11 Å². The molecule has 20 heavy (non-hydrogen) atoms. The summed E-state index contributed by atoms with van der Waals surface area (Å²) in [6.45, 7) is 0. The van der Waals surface area contributed by atoms with Gasteiger partial charge in [-0.05, 0) is 35.9 Å². The first-order valence-electron chi connectivity index (χ1n) is 6.01. The zero-order chi connectivity index (χ0) is 14.5. The molecule has 1 amide bonds. The number of amides is 1. The molecular formula is C16H14ClNO2. The second-order valence-corrected chi connectivity index (χ2v) is 4.64. The summed E-state index contributed by atoms with van der Waals surface area (Å²) in [4.78, 5) is 11.2. The second-order valence-electron chi connectivity index (χ2n) is 4.21. The van der Waals surface area contributed by atoms with Crippen molar-refractivity contribution in [3.05, 3.63) is 64.2 Å². The minimum Gasteiger partial charge on any atom is -0.496 e. The lowest BCUT2D eigenvalue weighted by atomic mass is 10.1. The summed E-state index contributed by atoms with van der Waals surface area (Å²) in [6, 6.07) is 12.5. The van der Waals surface area contributed by atoms with Gasteiger partial charge < -0.3 is 10.5 Å². The Bertz CT molecular complexity index is 648. The van der Waals surface area contributed by atoms with Gasteiger partial charge in [0.15, 0.2) is 0 Å². The first kappa shape index (κ1) is 14.2.